The Bertz CT molecular complexity index is 560. The van der Waals surface area contributed by atoms with E-state index in [4.69, 9.17) is 5.73 Å². The van der Waals surface area contributed by atoms with Gasteiger partial charge in [0, 0.05) is 31.7 Å². The van der Waals surface area contributed by atoms with Gasteiger partial charge >= 0.3 is 6.03 Å². The van der Waals surface area contributed by atoms with Crippen LogP contribution < -0.4 is 11.1 Å². The highest BCUT2D eigenvalue weighted by atomic mass is 16.2. The molecular weight excluding hydrogens is 268 g/mol. The number of urea groups is 1. The van der Waals surface area contributed by atoms with E-state index in [-0.39, 0.29) is 18.0 Å². The van der Waals surface area contributed by atoms with Crippen molar-refractivity contribution in [2.45, 2.75) is 12.5 Å². The van der Waals surface area contributed by atoms with Gasteiger partial charge in [-0.1, -0.05) is 12.1 Å². The number of hydrogen-bond donors (Lipinski definition) is 2. The van der Waals surface area contributed by atoms with E-state index in [1.165, 1.54) is 0 Å². The van der Waals surface area contributed by atoms with Gasteiger partial charge in [-0.3, -0.25) is 4.79 Å². The molecule has 6 heteroatoms. The maximum absolute atomic E-state index is 12.6. The number of fused-ring (bicyclic) bond motifs is 1. The normalized spacial score (nSPS) is 21.2. The van der Waals surface area contributed by atoms with Crippen molar-refractivity contribution in [1.29, 1.82) is 0 Å². The van der Waals surface area contributed by atoms with Gasteiger partial charge < -0.3 is 20.9 Å². The lowest BCUT2D eigenvalue weighted by atomic mass is 10.1. The summed E-state index contributed by atoms with van der Waals surface area (Å²) in [5, 5.41) is 2.82. The van der Waals surface area contributed by atoms with Crippen molar-refractivity contribution in [3.63, 3.8) is 0 Å². The van der Waals surface area contributed by atoms with Crippen molar-refractivity contribution in [1.82, 2.24) is 15.1 Å². The summed E-state index contributed by atoms with van der Waals surface area (Å²) in [6.07, 6.45) is 0.774. The average molecular weight is 288 g/mol. The summed E-state index contributed by atoms with van der Waals surface area (Å²) in [6.45, 7) is 2.98. The molecule has 6 nitrogen and oxygen atoms in total. The van der Waals surface area contributed by atoms with E-state index in [1.54, 1.807) is 0 Å². The highest BCUT2D eigenvalue weighted by Gasteiger charge is 2.36. The second-order valence-electron chi connectivity index (χ2n) is 5.52. The Labute approximate surface area is 123 Å². The van der Waals surface area contributed by atoms with Crippen LogP contribution in [0.2, 0.25) is 0 Å². The smallest absolute Gasteiger partial charge is 0.317 e. The third kappa shape index (κ3) is 2.71. The zero-order valence-corrected chi connectivity index (χ0v) is 11.9. The van der Waals surface area contributed by atoms with Crippen LogP contribution in [0.1, 0.15) is 15.9 Å². The SMILES string of the molecule is NCCc1cccc(C(=O)N2CCN3C(=O)NCC3C2)c1. The number of piperazine rings is 1. The molecule has 2 heterocycles. The van der Waals surface area contributed by atoms with Crippen LogP contribution in [-0.4, -0.2) is 60.5 Å². The summed E-state index contributed by atoms with van der Waals surface area (Å²) in [4.78, 5) is 27.8. The quantitative estimate of drug-likeness (QED) is 0.824. The summed E-state index contributed by atoms with van der Waals surface area (Å²) < 4.78 is 0. The molecule has 3 rings (SSSR count). The van der Waals surface area contributed by atoms with Gasteiger partial charge in [-0.25, -0.2) is 4.79 Å². The highest BCUT2D eigenvalue weighted by molar-refractivity contribution is 5.94. The second-order valence-corrected chi connectivity index (χ2v) is 5.52. The summed E-state index contributed by atoms with van der Waals surface area (Å²) >= 11 is 0. The first-order valence-electron chi connectivity index (χ1n) is 7.32. The van der Waals surface area contributed by atoms with Gasteiger partial charge in [0.2, 0.25) is 0 Å². The molecule has 2 fully saturated rings. The van der Waals surface area contributed by atoms with Crippen molar-refractivity contribution in [3.8, 4) is 0 Å². The number of nitrogens with zero attached hydrogens (tertiary/aromatic N) is 2. The molecule has 0 aromatic heterocycles. The standard InChI is InChI=1S/C15H20N4O2/c16-5-4-11-2-1-3-12(8-11)14(20)18-6-7-19-13(10-18)9-17-15(19)21/h1-3,8,13H,4-7,9-10,16H2,(H,17,21). The van der Waals surface area contributed by atoms with Crippen LogP contribution >= 0.6 is 0 Å². The van der Waals surface area contributed by atoms with Gasteiger partial charge in [0.05, 0.1) is 6.04 Å². The predicted octanol–water partition coefficient (Wildman–Crippen LogP) is 0.0374. The molecule has 1 aromatic rings. The molecule has 0 aliphatic carbocycles. The molecule has 21 heavy (non-hydrogen) atoms. The van der Waals surface area contributed by atoms with E-state index in [0.717, 1.165) is 12.0 Å². The van der Waals surface area contributed by atoms with Crippen molar-refractivity contribution < 1.29 is 9.59 Å². The van der Waals surface area contributed by atoms with Gasteiger partial charge in [0.1, 0.15) is 0 Å². The molecule has 1 atom stereocenters. The lowest BCUT2D eigenvalue weighted by Crippen LogP contribution is -2.53. The summed E-state index contributed by atoms with van der Waals surface area (Å²) in [6, 6.07) is 7.72. The van der Waals surface area contributed by atoms with Gasteiger partial charge in [-0.05, 0) is 30.7 Å². The fraction of sp³-hybridized carbons (Fsp3) is 0.467. The van der Waals surface area contributed by atoms with Crippen molar-refractivity contribution in [2.24, 2.45) is 5.73 Å². The van der Waals surface area contributed by atoms with Crippen molar-refractivity contribution in [3.05, 3.63) is 35.4 Å². The molecule has 0 spiro atoms. The van der Waals surface area contributed by atoms with Gasteiger partial charge in [-0.2, -0.15) is 0 Å². The molecule has 112 valence electrons. The molecule has 1 unspecified atom stereocenters. The fourth-order valence-electron chi connectivity index (χ4n) is 3.00. The van der Waals surface area contributed by atoms with Crippen LogP contribution in [0.5, 0.6) is 0 Å². The van der Waals surface area contributed by atoms with E-state index in [1.807, 2.05) is 34.1 Å². The third-order valence-corrected chi connectivity index (χ3v) is 4.13. The van der Waals surface area contributed by atoms with E-state index < -0.39 is 0 Å². The van der Waals surface area contributed by atoms with Crippen LogP contribution in [0, 0.1) is 0 Å². The first-order valence-corrected chi connectivity index (χ1v) is 7.32. The number of carbonyl (C=O) groups excluding carboxylic acids is 2. The first-order chi connectivity index (χ1) is 10.2. The number of carbonyl (C=O) groups is 2. The predicted molar refractivity (Wildman–Crippen MR) is 79.0 cm³/mol. The minimum atomic E-state index is -0.0166. The van der Waals surface area contributed by atoms with Gasteiger partial charge in [-0.15, -0.1) is 0 Å². The number of hydrogen-bond acceptors (Lipinski definition) is 3. The second kappa shape index (κ2) is 5.73. The minimum Gasteiger partial charge on any atom is -0.336 e. The number of nitrogens with two attached hydrogens (primary N) is 1. The molecule has 0 bridgehead atoms. The molecule has 2 aliphatic heterocycles. The van der Waals surface area contributed by atoms with E-state index in [0.29, 0.717) is 38.3 Å². The largest absolute Gasteiger partial charge is 0.336 e. The van der Waals surface area contributed by atoms with Gasteiger partial charge in [0.15, 0.2) is 0 Å². The lowest BCUT2D eigenvalue weighted by Gasteiger charge is -2.36. The maximum Gasteiger partial charge on any atom is 0.317 e. The number of nitrogens with one attached hydrogen (secondary N) is 1. The monoisotopic (exact) mass is 288 g/mol. The molecular formula is C15H20N4O2. The zero-order chi connectivity index (χ0) is 14.8. The van der Waals surface area contributed by atoms with Crippen LogP contribution in [0.3, 0.4) is 0 Å². The minimum absolute atomic E-state index is 0.0166. The molecule has 3 N–H and O–H groups in total. The Morgan fingerprint density at radius 2 is 2.24 bits per heavy atom. The lowest BCUT2D eigenvalue weighted by molar-refractivity contribution is 0.0617. The van der Waals surface area contributed by atoms with Crippen molar-refractivity contribution >= 4 is 11.9 Å². The van der Waals surface area contributed by atoms with Crippen LogP contribution in [0.15, 0.2) is 24.3 Å². The molecule has 2 aliphatic rings. The molecule has 0 saturated carbocycles. The summed E-state index contributed by atoms with van der Waals surface area (Å²) in [5.74, 6) is 0.0351. The highest BCUT2D eigenvalue weighted by Crippen LogP contribution is 2.17. The Morgan fingerprint density at radius 1 is 1.38 bits per heavy atom. The van der Waals surface area contributed by atoms with Crippen LogP contribution in [0.4, 0.5) is 4.79 Å². The first kappa shape index (κ1) is 13.9. The summed E-state index contributed by atoms with van der Waals surface area (Å²) in [7, 11) is 0. The summed E-state index contributed by atoms with van der Waals surface area (Å²) in [5.41, 5.74) is 7.34. The average Bonchev–Trinajstić information content (AvgIpc) is 2.88. The zero-order valence-electron chi connectivity index (χ0n) is 11.9. The maximum atomic E-state index is 12.6. The van der Waals surface area contributed by atoms with Crippen LogP contribution in [0.25, 0.3) is 0 Å². The van der Waals surface area contributed by atoms with E-state index in [9.17, 15) is 9.59 Å². The molecule has 1 aromatic carbocycles. The van der Waals surface area contributed by atoms with Crippen LogP contribution in [-0.2, 0) is 6.42 Å². The van der Waals surface area contributed by atoms with Gasteiger partial charge in [0.25, 0.3) is 5.91 Å². The topological polar surface area (TPSA) is 78.7 Å². The Balaban J connectivity index is 1.71. The third-order valence-electron chi connectivity index (χ3n) is 4.13. The fourth-order valence-corrected chi connectivity index (χ4v) is 3.00. The van der Waals surface area contributed by atoms with E-state index in [2.05, 4.69) is 5.32 Å². The molecule has 3 amide bonds. The number of rotatable bonds is 3. The molecule has 0 radical (unpaired) electrons. The van der Waals surface area contributed by atoms with E-state index >= 15 is 0 Å². The molecule has 2 saturated heterocycles. The van der Waals surface area contributed by atoms with Crippen molar-refractivity contribution in [2.75, 3.05) is 32.7 Å². The Morgan fingerprint density at radius 3 is 3.05 bits per heavy atom. The Kier molecular flexibility index (Phi) is 3.79. The number of benzene rings is 1. The Hall–Kier alpha value is -2.08. The number of amides is 3.